The summed E-state index contributed by atoms with van der Waals surface area (Å²) in [7, 11) is 0. The summed E-state index contributed by atoms with van der Waals surface area (Å²) in [6, 6.07) is 2.70. The summed E-state index contributed by atoms with van der Waals surface area (Å²) in [5.41, 5.74) is -0.0360. The van der Waals surface area contributed by atoms with Gasteiger partial charge in [0, 0.05) is 6.07 Å². The Balaban J connectivity index is 2.90. The lowest BCUT2D eigenvalue weighted by Gasteiger charge is -2.27. The van der Waals surface area contributed by atoms with Gasteiger partial charge in [0.1, 0.15) is 11.6 Å². The van der Waals surface area contributed by atoms with Crippen molar-refractivity contribution in [1.29, 1.82) is 0 Å². The summed E-state index contributed by atoms with van der Waals surface area (Å²) in [4.78, 5) is 14.3. The van der Waals surface area contributed by atoms with Crippen molar-refractivity contribution in [2.24, 2.45) is 0 Å². The van der Waals surface area contributed by atoms with Crippen LogP contribution in [-0.4, -0.2) is 29.8 Å². The van der Waals surface area contributed by atoms with Crippen molar-refractivity contribution in [2.75, 3.05) is 13.1 Å². The molecule has 0 radical (unpaired) electrons. The summed E-state index contributed by atoms with van der Waals surface area (Å²) in [6.45, 7) is 7.44. The molecule has 0 saturated carbocycles. The number of rotatable bonds is 7. The number of carbonyl (C=O) groups is 1. The lowest BCUT2D eigenvalue weighted by atomic mass is 10.0. The van der Waals surface area contributed by atoms with Crippen LogP contribution in [0.25, 0.3) is 0 Å². The Morgan fingerprint density at radius 3 is 2.26 bits per heavy atom. The van der Waals surface area contributed by atoms with Crippen molar-refractivity contribution in [2.45, 2.75) is 39.7 Å². The van der Waals surface area contributed by atoms with Gasteiger partial charge >= 0.3 is 0 Å². The van der Waals surface area contributed by atoms with Gasteiger partial charge in [0.25, 0.3) is 0 Å². The molecule has 0 saturated heterocycles. The van der Waals surface area contributed by atoms with E-state index in [1.807, 2.05) is 18.7 Å². The van der Waals surface area contributed by atoms with Crippen LogP contribution in [0, 0.1) is 11.6 Å². The lowest BCUT2D eigenvalue weighted by molar-refractivity contribution is 0.0833. The molecule has 1 atom stereocenters. The van der Waals surface area contributed by atoms with Crippen LogP contribution < -0.4 is 0 Å². The van der Waals surface area contributed by atoms with Crippen LogP contribution in [0.3, 0.4) is 0 Å². The molecule has 1 rings (SSSR count). The van der Waals surface area contributed by atoms with Crippen molar-refractivity contribution in [3.05, 3.63) is 35.4 Å². The average Bonchev–Trinajstić information content (AvgIpc) is 2.37. The monoisotopic (exact) mass is 269 g/mol. The highest BCUT2D eigenvalue weighted by Crippen LogP contribution is 2.15. The maximum absolute atomic E-state index is 13.6. The molecule has 106 valence electrons. The molecule has 0 aliphatic heterocycles. The fraction of sp³-hybridized carbons (Fsp3) is 0.533. The largest absolute Gasteiger partial charge is 0.294 e. The fourth-order valence-corrected chi connectivity index (χ4v) is 2.15. The maximum Gasteiger partial charge on any atom is 0.182 e. The number of carbonyl (C=O) groups excluding carboxylic acids is 1. The number of halogens is 2. The van der Waals surface area contributed by atoms with E-state index in [-0.39, 0.29) is 17.4 Å². The van der Waals surface area contributed by atoms with Crippen LogP contribution in [0.2, 0.25) is 0 Å². The molecule has 2 nitrogen and oxygen atoms in total. The summed E-state index contributed by atoms with van der Waals surface area (Å²) in [5.74, 6) is -1.75. The van der Waals surface area contributed by atoms with E-state index in [4.69, 9.17) is 0 Å². The van der Waals surface area contributed by atoms with Gasteiger partial charge in [-0.2, -0.15) is 0 Å². The second-order valence-corrected chi connectivity index (χ2v) is 4.70. The lowest BCUT2D eigenvalue weighted by Crippen LogP contribution is -2.40. The topological polar surface area (TPSA) is 20.3 Å². The van der Waals surface area contributed by atoms with Gasteiger partial charge in [-0.05, 0) is 45.0 Å². The second kappa shape index (κ2) is 7.34. The van der Waals surface area contributed by atoms with Crippen LogP contribution in [0.15, 0.2) is 18.2 Å². The van der Waals surface area contributed by atoms with Crippen LogP contribution in [-0.2, 0) is 0 Å². The number of hydrogen-bond acceptors (Lipinski definition) is 2. The Morgan fingerprint density at radius 1 is 1.21 bits per heavy atom. The Morgan fingerprint density at radius 2 is 1.79 bits per heavy atom. The first-order chi connectivity index (χ1) is 9.01. The molecule has 0 aliphatic rings. The summed E-state index contributed by atoms with van der Waals surface area (Å²) >= 11 is 0. The van der Waals surface area contributed by atoms with E-state index in [9.17, 15) is 13.6 Å². The Bertz CT molecular complexity index is 428. The molecule has 0 fully saturated rings. The third-order valence-corrected chi connectivity index (χ3v) is 3.15. The van der Waals surface area contributed by atoms with Crippen LogP contribution in [0.1, 0.15) is 44.0 Å². The number of hydrogen-bond donors (Lipinski definition) is 0. The first-order valence-electron chi connectivity index (χ1n) is 6.74. The van der Waals surface area contributed by atoms with Gasteiger partial charge < -0.3 is 0 Å². The Hall–Kier alpha value is -1.29. The van der Waals surface area contributed by atoms with E-state index in [0.717, 1.165) is 38.1 Å². The number of ketones is 1. The number of benzene rings is 1. The minimum atomic E-state index is -0.787. The second-order valence-electron chi connectivity index (χ2n) is 4.70. The molecule has 1 aromatic rings. The van der Waals surface area contributed by atoms with Crippen LogP contribution >= 0.6 is 0 Å². The molecule has 1 unspecified atom stereocenters. The van der Waals surface area contributed by atoms with Gasteiger partial charge in [0.15, 0.2) is 5.78 Å². The van der Waals surface area contributed by atoms with E-state index in [1.165, 1.54) is 6.07 Å². The predicted octanol–water partition coefficient (Wildman–Crippen LogP) is 3.66. The maximum atomic E-state index is 13.6. The normalized spacial score (nSPS) is 12.7. The Kier molecular flexibility index (Phi) is 6.09. The summed E-state index contributed by atoms with van der Waals surface area (Å²) < 4.78 is 26.5. The van der Waals surface area contributed by atoms with E-state index in [0.29, 0.717) is 0 Å². The molecule has 0 heterocycles. The molecular formula is C15H21F2NO. The molecule has 0 N–H and O–H groups in total. The van der Waals surface area contributed by atoms with E-state index in [1.54, 1.807) is 6.92 Å². The molecule has 0 aliphatic carbocycles. The highest BCUT2D eigenvalue weighted by molar-refractivity contribution is 6.00. The molecule has 0 spiro atoms. The summed E-state index contributed by atoms with van der Waals surface area (Å²) in [6.07, 6.45) is 1.87. The highest BCUT2D eigenvalue weighted by atomic mass is 19.1. The predicted molar refractivity (Wildman–Crippen MR) is 72.3 cm³/mol. The molecule has 0 bridgehead atoms. The van der Waals surface area contributed by atoms with Crippen LogP contribution in [0.4, 0.5) is 8.78 Å². The van der Waals surface area contributed by atoms with Gasteiger partial charge in [-0.15, -0.1) is 0 Å². The van der Waals surface area contributed by atoms with Gasteiger partial charge in [-0.3, -0.25) is 9.69 Å². The fourth-order valence-electron chi connectivity index (χ4n) is 2.15. The summed E-state index contributed by atoms with van der Waals surface area (Å²) in [5, 5.41) is 0. The highest BCUT2D eigenvalue weighted by Gasteiger charge is 2.23. The molecule has 19 heavy (non-hydrogen) atoms. The average molecular weight is 269 g/mol. The standard InChI is InChI=1S/C15H21F2NO/c1-4-8-18(9-5-2)11(3)15(19)13-7-6-12(16)10-14(13)17/h6-7,10-11H,4-5,8-9H2,1-3H3. The minimum Gasteiger partial charge on any atom is -0.294 e. The number of Topliss-reactive ketones (excluding diaryl/α,β-unsaturated/α-hetero) is 1. The van der Waals surface area contributed by atoms with Crippen molar-refractivity contribution >= 4 is 5.78 Å². The molecular weight excluding hydrogens is 248 g/mol. The van der Waals surface area contributed by atoms with E-state index < -0.39 is 11.6 Å². The molecule has 1 aromatic carbocycles. The van der Waals surface area contributed by atoms with E-state index >= 15 is 0 Å². The SMILES string of the molecule is CCCN(CCC)C(C)C(=O)c1ccc(F)cc1F. The molecule has 4 heteroatoms. The number of nitrogens with zero attached hydrogens (tertiary/aromatic N) is 1. The zero-order chi connectivity index (χ0) is 14.4. The third kappa shape index (κ3) is 4.10. The Labute approximate surface area is 113 Å². The van der Waals surface area contributed by atoms with Crippen molar-refractivity contribution < 1.29 is 13.6 Å². The van der Waals surface area contributed by atoms with Crippen molar-refractivity contribution in [1.82, 2.24) is 4.90 Å². The quantitative estimate of drug-likeness (QED) is 0.704. The van der Waals surface area contributed by atoms with Gasteiger partial charge in [-0.25, -0.2) is 8.78 Å². The smallest absolute Gasteiger partial charge is 0.182 e. The van der Waals surface area contributed by atoms with E-state index in [2.05, 4.69) is 0 Å². The van der Waals surface area contributed by atoms with Crippen molar-refractivity contribution in [3.8, 4) is 0 Å². The van der Waals surface area contributed by atoms with Gasteiger partial charge in [0.05, 0.1) is 11.6 Å². The minimum absolute atomic E-state index is 0.0360. The van der Waals surface area contributed by atoms with Gasteiger partial charge in [-0.1, -0.05) is 13.8 Å². The third-order valence-electron chi connectivity index (χ3n) is 3.15. The zero-order valence-electron chi connectivity index (χ0n) is 11.7. The molecule has 0 aromatic heterocycles. The molecule has 0 amide bonds. The first-order valence-corrected chi connectivity index (χ1v) is 6.74. The zero-order valence-corrected chi connectivity index (χ0v) is 11.7. The van der Waals surface area contributed by atoms with Crippen molar-refractivity contribution in [3.63, 3.8) is 0 Å². The first kappa shape index (κ1) is 15.8. The van der Waals surface area contributed by atoms with Gasteiger partial charge in [0.2, 0.25) is 0 Å². The van der Waals surface area contributed by atoms with Crippen LogP contribution in [0.5, 0.6) is 0 Å².